The van der Waals surface area contributed by atoms with E-state index in [2.05, 4.69) is 0 Å². The summed E-state index contributed by atoms with van der Waals surface area (Å²) >= 11 is 0. The van der Waals surface area contributed by atoms with Crippen molar-refractivity contribution in [2.24, 2.45) is 11.8 Å². The number of fused-ring (bicyclic) bond motifs is 1. The van der Waals surface area contributed by atoms with Gasteiger partial charge in [-0.05, 0) is 48.4 Å². The van der Waals surface area contributed by atoms with Crippen LogP contribution in [0.1, 0.15) is 37.7 Å². The molecule has 1 saturated heterocycles. The number of nitrogens with zero attached hydrogens (tertiary/aromatic N) is 3. The van der Waals surface area contributed by atoms with Crippen LogP contribution < -0.4 is 4.90 Å². The first-order valence-corrected chi connectivity index (χ1v) is 10.3. The van der Waals surface area contributed by atoms with Crippen LogP contribution in [0.25, 0.3) is 6.08 Å². The minimum Gasteiger partial charge on any atom is -0.451 e. The second-order valence-corrected chi connectivity index (χ2v) is 8.16. The highest BCUT2D eigenvalue weighted by atomic mass is 16.5. The lowest BCUT2D eigenvalue weighted by molar-refractivity contribution is -0.150. The van der Waals surface area contributed by atoms with Crippen molar-refractivity contribution in [3.63, 3.8) is 0 Å². The second-order valence-electron chi connectivity index (χ2n) is 8.16. The van der Waals surface area contributed by atoms with Crippen LogP contribution in [0.2, 0.25) is 0 Å². The van der Waals surface area contributed by atoms with Gasteiger partial charge in [0.25, 0.3) is 5.91 Å². The zero-order chi connectivity index (χ0) is 20.8. The number of carbonyl (C=O) groups excluding carboxylic acids is 2. The molecule has 1 aliphatic carbocycles. The van der Waals surface area contributed by atoms with Gasteiger partial charge < -0.3 is 14.5 Å². The molecule has 2 aliphatic rings. The number of carbonyl (C=O) groups is 2. The molecular weight excluding hydrogens is 366 g/mol. The Bertz CT molecular complexity index is 808. The molecule has 0 aromatic heterocycles. The number of rotatable bonds is 5. The number of nitriles is 1. The SMILES string of the molecule is CN(C)c1ccc(/C=C(\C#N)C(=O)OCC(=O)N2CC[C@@H]3CCCC[C@H]3C2)cc1. The van der Waals surface area contributed by atoms with Crippen LogP contribution in [0.15, 0.2) is 29.8 Å². The van der Waals surface area contributed by atoms with Gasteiger partial charge in [-0.15, -0.1) is 0 Å². The summed E-state index contributed by atoms with van der Waals surface area (Å²) in [6.07, 6.45) is 7.52. The molecule has 6 nitrogen and oxygen atoms in total. The monoisotopic (exact) mass is 395 g/mol. The molecule has 29 heavy (non-hydrogen) atoms. The van der Waals surface area contributed by atoms with Crippen LogP contribution in [0.5, 0.6) is 0 Å². The van der Waals surface area contributed by atoms with Crippen LogP contribution >= 0.6 is 0 Å². The predicted molar refractivity (Wildman–Crippen MR) is 112 cm³/mol. The van der Waals surface area contributed by atoms with E-state index in [9.17, 15) is 14.9 Å². The van der Waals surface area contributed by atoms with Gasteiger partial charge in [-0.2, -0.15) is 5.26 Å². The smallest absolute Gasteiger partial charge is 0.349 e. The van der Waals surface area contributed by atoms with Crippen LogP contribution in [0, 0.1) is 23.2 Å². The Balaban J connectivity index is 1.54. The number of amides is 1. The van der Waals surface area contributed by atoms with E-state index in [1.54, 1.807) is 0 Å². The largest absolute Gasteiger partial charge is 0.451 e. The molecule has 1 aromatic rings. The van der Waals surface area contributed by atoms with Crippen molar-refractivity contribution in [2.75, 3.05) is 38.7 Å². The van der Waals surface area contributed by atoms with Crippen LogP contribution in [-0.4, -0.2) is 50.6 Å². The Hall–Kier alpha value is -2.81. The summed E-state index contributed by atoms with van der Waals surface area (Å²) in [4.78, 5) is 28.5. The maximum Gasteiger partial charge on any atom is 0.349 e. The number of benzene rings is 1. The Morgan fingerprint density at radius 2 is 1.86 bits per heavy atom. The first-order valence-electron chi connectivity index (χ1n) is 10.3. The first-order chi connectivity index (χ1) is 14.0. The Morgan fingerprint density at radius 1 is 1.17 bits per heavy atom. The molecule has 6 heteroatoms. The van der Waals surface area contributed by atoms with E-state index >= 15 is 0 Å². The molecule has 1 aliphatic heterocycles. The molecular formula is C23H29N3O3. The normalized spacial score (nSPS) is 21.7. The maximum absolute atomic E-state index is 12.5. The minimum absolute atomic E-state index is 0.110. The molecule has 1 amide bonds. The number of hydrogen-bond donors (Lipinski definition) is 0. The summed E-state index contributed by atoms with van der Waals surface area (Å²) in [6.45, 7) is 1.19. The van der Waals surface area contributed by atoms with E-state index in [4.69, 9.17) is 4.74 Å². The number of hydrogen-bond acceptors (Lipinski definition) is 5. The number of ether oxygens (including phenoxy) is 1. The molecule has 0 unspecified atom stereocenters. The molecule has 2 atom stereocenters. The summed E-state index contributed by atoms with van der Waals surface area (Å²) < 4.78 is 5.15. The van der Waals surface area contributed by atoms with E-state index in [1.807, 2.05) is 54.2 Å². The third-order valence-electron chi connectivity index (χ3n) is 6.03. The van der Waals surface area contributed by atoms with Crippen LogP contribution in [-0.2, 0) is 14.3 Å². The van der Waals surface area contributed by atoms with Gasteiger partial charge in [-0.1, -0.05) is 31.4 Å². The molecule has 3 rings (SSSR count). The predicted octanol–water partition coefficient (Wildman–Crippen LogP) is 3.24. The van der Waals surface area contributed by atoms with Gasteiger partial charge >= 0.3 is 5.97 Å². The fourth-order valence-electron chi connectivity index (χ4n) is 4.30. The molecule has 1 heterocycles. The summed E-state index contributed by atoms with van der Waals surface area (Å²) in [5, 5.41) is 9.32. The Labute approximate surface area is 172 Å². The van der Waals surface area contributed by atoms with E-state index in [1.165, 1.54) is 31.8 Å². The van der Waals surface area contributed by atoms with Gasteiger partial charge in [0, 0.05) is 32.9 Å². The van der Waals surface area contributed by atoms with Crippen molar-refractivity contribution in [3.05, 3.63) is 35.4 Å². The average Bonchev–Trinajstić information content (AvgIpc) is 2.75. The van der Waals surface area contributed by atoms with Crippen LogP contribution in [0.3, 0.4) is 0 Å². The Morgan fingerprint density at radius 3 is 2.52 bits per heavy atom. The lowest BCUT2D eigenvalue weighted by Gasteiger charge is -2.41. The third-order valence-corrected chi connectivity index (χ3v) is 6.03. The number of piperidine rings is 1. The number of esters is 1. The van der Waals surface area contributed by atoms with Crippen molar-refractivity contribution in [1.29, 1.82) is 5.26 Å². The zero-order valence-electron chi connectivity index (χ0n) is 17.3. The van der Waals surface area contributed by atoms with Gasteiger partial charge in [0.15, 0.2) is 6.61 Å². The molecule has 154 valence electrons. The topological polar surface area (TPSA) is 73.6 Å². The number of anilines is 1. The number of likely N-dealkylation sites (tertiary alicyclic amines) is 1. The van der Waals surface area contributed by atoms with E-state index in [-0.39, 0.29) is 18.1 Å². The molecule has 1 saturated carbocycles. The van der Waals surface area contributed by atoms with E-state index < -0.39 is 5.97 Å². The first kappa shape index (κ1) is 20.9. The second kappa shape index (κ2) is 9.60. The maximum atomic E-state index is 12.5. The fraction of sp³-hybridized carbons (Fsp3) is 0.522. The quantitative estimate of drug-likeness (QED) is 0.435. The fourth-order valence-corrected chi connectivity index (χ4v) is 4.30. The summed E-state index contributed by atoms with van der Waals surface area (Å²) in [5.74, 6) is 0.388. The highest BCUT2D eigenvalue weighted by molar-refractivity contribution is 5.98. The van der Waals surface area contributed by atoms with Gasteiger partial charge in [0.1, 0.15) is 11.6 Å². The van der Waals surface area contributed by atoms with Gasteiger partial charge in [0.05, 0.1) is 0 Å². The van der Waals surface area contributed by atoms with Gasteiger partial charge in [-0.25, -0.2) is 4.79 Å². The molecule has 1 aromatic carbocycles. The summed E-state index contributed by atoms with van der Waals surface area (Å²) in [6, 6.07) is 9.36. The lowest BCUT2D eigenvalue weighted by atomic mass is 9.75. The van der Waals surface area contributed by atoms with Crippen molar-refractivity contribution >= 4 is 23.6 Å². The standard InChI is InChI=1S/C23H29N3O3/c1-25(2)21-9-7-17(8-10-21)13-20(14-24)23(28)29-16-22(27)26-12-11-18-5-3-4-6-19(18)15-26/h7-10,13,18-19H,3-6,11-12,15-16H2,1-2H3/b20-13+/t18-,19-/m0/s1. The van der Waals surface area contributed by atoms with Crippen molar-refractivity contribution in [2.45, 2.75) is 32.1 Å². The third kappa shape index (κ3) is 5.38. The summed E-state index contributed by atoms with van der Waals surface area (Å²) in [5.41, 5.74) is 1.65. The van der Waals surface area contributed by atoms with Crippen molar-refractivity contribution in [1.82, 2.24) is 4.90 Å². The average molecular weight is 396 g/mol. The molecule has 0 N–H and O–H groups in total. The molecule has 2 fully saturated rings. The highest BCUT2D eigenvalue weighted by Gasteiger charge is 2.33. The highest BCUT2D eigenvalue weighted by Crippen LogP contribution is 2.36. The van der Waals surface area contributed by atoms with Crippen LogP contribution in [0.4, 0.5) is 5.69 Å². The van der Waals surface area contributed by atoms with E-state index in [0.717, 1.165) is 36.7 Å². The molecule has 0 radical (unpaired) electrons. The van der Waals surface area contributed by atoms with Crippen molar-refractivity contribution in [3.8, 4) is 6.07 Å². The zero-order valence-corrected chi connectivity index (χ0v) is 17.3. The summed E-state index contributed by atoms with van der Waals surface area (Å²) in [7, 11) is 3.88. The Kier molecular flexibility index (Phi) is 6.92. The minimum atomic E-state index is -0.759. The van der Waals surface area contributed by atoms with Crippen molar-refractivity contribution < 1.29 is 14.3 Å². The van der Waals surface area contributed by atoms with E-state index in [0.29, 0.717) is 5.92 Å². The molecule has 0 spiro atoms. The van der Waals surface area contributed by atoms with Gasteiger partial charge in [0.2, 0.25) is 0 Å². The lowest BCUT2D eigenvalue weighted by Crippen LogP contribution is -2.46. The molecule has 0 bridgehead atoms. The van der Waals surface area contributed by atoms with Gasteiger partial charge in [-0.3, -0.25) is 4.79 Å².